The van der Waals surface area contributed by atoms with E-state index in [9.17, 15) is 9.59 Å². The summed E-state index contributed by atoms with van der Waals surface area (Å²) < 4.78 is 7.65. The molecule has 0 bridgehead atoms. The van der Waals surface area contributed by atoms with Crippen LogP contribution in [0.1, 0.15) is 33.9 Å². The first-order chi connectivity index (χ1) is 12.5. The third-order valence-corrected chi connectivity index (χ3v) is 6.56. The van der Waals surface area contributed by atoms with Crippen molar-refractivity contribution in [2.75, 3.05) is 6.54 Å². The van der Waals surface area contributed by atoms with Crippen LogP contribution >= 0.6 is 47.2 Å². The summed E-state index contributed by atoms with van der Waals surface area (Å²) in [5.41, 5.74) is -0.293. The number of hydrogen-bond acceptors (Lipinski definition) is 5. The summed E-state index contributed by atoms with van der Waals surface area (Å²) in [4.78, 5) is 27.5. The van der Waals surface area contributed by atoms with Gasteiger partial charge < -0.3 is 9.42 Å². The molecule has 0 N–H and O–H groups in total. The van der Waals surface area contributed by atoms with Crippen molar-refractivity contribution in [3.63, 3.8) is 0 Å². The molecule has 0 spiro atoms. The van der Waals surface area contributed by atoms with E-state index in [1.165, 1.54) is 23.9 Å². The number of halogens is 2. The van der Waals surface area contributed by atoms with Gasteiger partial charge in [-0.1, -0.05) is 61.0 Å². The zero-order chi connectivity index (χ0) is 20.1. The van der Waals surface area contributed by atoms with E-state index in [-0.39, 0.29) is 5.02 Å². The zero-order valence-electron chi connectivity index (χ0n) is 15.2. The van der Waals surface area contributed by atoms with Gasteiger partial charge in [0, 0.05) is 6.54 Å². The van der Waals surface area contributed by atoms with Gasteiger partial charge in [-0.2, -0.15) is 4.57 Å². The predicted molar refractivity (Wildman–Crippen MR) is 113 cm³/mol. The molecule has 1 aromatic heterocycles. The van der Waals surface area contributed by atoms with Crippen LogP contribution in [-0.4, -0.2) is 29.8 Å². The van der Waals surface area contributed by atoms with E-state index >= 15 is 0 Å². The van der Waals surface area contributed by atoms with E-state index in [4.69, 9.17) is 39.9 Å². The zero-order valence-corrected chi connectivity index (χ0v) is 18.4. The molecule has 1 fully saturated rings. The lowest BCUT2D eigenvalue weighted by Crippen LogP contribution is -2.43. The van der Waals surface area contributed by atoms with Gasteiger partial charge in [0.1, 0.15) is 4.32 Å². The number of thiocarbonyl (C=S) groups is 1. The van der Waals surface area contributed by atoms with Gasteiger partial charge in [-0.25, -0.2) is 9.59 Å². The highest BCUT2D eigenvalue weighted by atomic mass is 35.5. The molecule has 1 saturated heterocycles. The van der Waals surface area contributed by atoms with Gasteiger partial charge >= 0.3 is 11.4 Å². The van der Waals surface area contributed by atoms with Gasteiger partial charge in [0.05, 0.1) is 20.5 Å². The fraction of sp³-hybridized carbons (Fsp3) is 0.471. The molecule has 2 heterocycles. The molecule has 0 saturated carbocycles. The molecular weight excluding hydrogens is 429 g/mol. The van der Waals surface area contributed by atoms with E-state index in [0.29, 0.717) is 27.5 Å². The van der Waals surface area contributed by atoms with Crippen molar-refractivity contribution < 1.29 is 4.52 Å². The second kappa shape index (κ2) is 7.31. The third kappa shape index (κ3) is 3.72. The lowest BCUT2D eigenvalue weighted by Gasteiger charge is -2.31. The Morgan fingerprint density at radius 1 is 1.26 bits per heavy atom. The SMILES string of the molecule is CC(C)CN1C(=S)SC(C)(C)[C@H]1n1oc(=O)n(-c2ccc(Cl)c(Cl)c2)c1=O. The molecule has 2 aromatic rings. The lowest BCUT2D eigenvalue weighted by atomic mass is 10.1. The Morgan fingerprint density at radius 3 is 2.52 bits per heavy atom. The fourth-order valence-electron chi connectivity index (χ4n) is 3.12. The molecule has 3 rings (SSSR count). The standard InChI is InChI=1S/C17H19Cl2N3O3S2/c1-9(2)8-20-13(17(3,4)27-16(20)26)22-14(23)21(15(24)25-22)10-5-6-11(18)12(19)7-10/h5-7,9,13H,8H2,1-4H3/t13-/m1/s1. The normalized spacial score (nSPS) is 19.3. The van der Waals surface area contributed by atoms with Crippen molar-refractivity contribution in [2.45, 2.75) is 38.6 Å². The molecule has 0 aliphatic carbocycles. The molecular formula is C17H19Cl2N3O3S2. The Kier molecular flexibility index (Phi) is 5.55. The Morgan fingerprint density at radius 2 is 1.93 bits per heavy atom. The van der Waals surface area contributed by atoms with Crippen LogP contribution in [0.25, 0.3) is 5.69 Å². The summed E-state index contributed by atoms with van der Waals surface area (Å²) in [6.07, 6.45) is -0.512. The van der Waals surface area contributed by atoms with Crippen molar-refractivity contribution in [3.05, 3.63) is 49.3 Å². The maximum Gasteiger partial charge on any atom is 0.447 e. The Bertz CT molecular complexity index is 1010. The molecule has 1 aromatic carbocycles. The third-order valence-electron chi connectivity index (χ3n) is 4.19. The first-order valence-corrected chi connectivity index (χ1v) is 10.3. The summed E-state index contributed by atoms with van der Waals surface area (Å²) in [7, 11) is 0. The van der Waals surface area contributed by atoms with Crippen LogP contribution in [0, 0.1) is 5.92 Å². The predicted octanol–water partition coefficient (Wildman–Crippen LogP) is 4.17. The van der Waals surface area contributed by atoms with Gasteiger partial charge in [-0.05, 0) is 38.0 Å². The molecule has 0 unspecified atom stereocenters. The van der Waals surface area contributed by atoms with Gasteiger partial charge in [0.2, 0.25) is 0 Å². The van der Waals surface area contributed by atoms with E-state index in [0.717, 1.165) is 9.31 Å². The van der Waals surface area contributed by atoms with Gasteiger partial charge in [-0.3, -0.25) is 0 Å². The number of rotatable bonds is 4. The number of thioether (sulfide) groups is 1. The van der Waals surface area contributed by atoms with Crippen LogP contribution in [0.5, 0.6) is 0 Å². The van der Waals surface area contributed by atoms with E-state index in [1.54, 1.807) is 6.07 Å². The van der Waals surface area contributed by atoms with E-state index in [2.05, 4.69) is 13.8 Å². The highest BCUT2D eigenvalue weighted by molar-refractivity contribution is 8.24. The molecule has 10 heteroatoms. The van der Waals surface area contributed by atoms with Crippen molar-refractivity contribution in [3.8, 4) is 5.69 Å². The van der Waals surface area contributed by atoms with Crippen molar-refractivity contribution in [2.24, 2.45) is 5.92 Å². The molecule has 1 atom stereocenters. The van der Waals surface area contributed by atoms with Gasteiger partial charge in [-0.15, -0.1) is 4.74 Å². The molecule has 27 heavy (non-hydrogen) atoms. The maximum absolute atomic E-state index is 13.1. The minimum Gasteiger partial charge on any atom is -0.333 e. The second-order valence-electron chi connectivity index (χ2n) is 7.29. The lowest BCUT2D eigenvalue weighted by molar-refractivity contribution is 0.0842. The first kappa shape index (κ1) is 20.5. The number of benzene rings is 1. The fourth-order valence-corrected chi connectivity index (χ4v) is 5.30. The topological polar surface area (TPSA) is 60.4 Å². The summed E-state index contributed by atoms with van der Waals surface area (Å²) in [6, 6.07) is 4.53. The summed E-state index contributed by atoms with van der Waals surface area (Å²) in [5, 5.41) is 0.576. The average Bonchev–Trinajstić information content (AvgIpc) is 2.94. The number of hydrogen-bond donors (Lipinski definition) is 0. The maximum atomic E-state index is 13.1. The van der Waals surface area contributed by atoms with Crippen molar-refractivity contribution in [1.29, 1.82) is 0 Å². The Hall–Kier alpha value is -1.22. The number of aromatic nitrogens is 2. The minimum atomic E-state index is -0.790. The summed E-state index contributed by atoms with van der Waals surface area (Å²) in [5.74, 6) is -0.471. The van der Waals surface area contributed by atoms with Crippen LogP contribution in [-0.2, 0) is 0 Å². The summed E-state index contributed by atoms with van der Waals surface area (Å²) >= 11 is 19.0. The molecule has 1 aliphatic heterocycles. The van der Waals surface area contributed by atoms with Gasteiger partial charge in [0.25, 0.3) is 0 Å². The van der Waals surface area contributed by atoms with E-state index < -0.39 is 22.4 Å². The molecule has 6 nitrogen and oxygen atoms in total. The monoisotopic (exact) mass is 447 g/mol. The van der Waals surface area contributed by atoms with Crippen LogP contribution < -0.4 is 11.4 Å². The summed E-state index contributed by atoms with van der Waals surface area (Å²) in [6.45, 7) is 8.72. The minimum absolute atomic E-state index is 0.243. The molecule has 0 radical (unpaired) electrons. The quantitative estimate of drug-likeness (QED) is 0.655. The largest absolute Gasteiger partial charge is 0.447 e. The van der Waals surface area contributed by atoms with Crippen LogP contribution in [0.2, 0.25) is 10.0 Å². The highest BCUT2D eigenvalue weighted by Gasteiger charge is 2.48. The van der Waals surface area contributed by atoms with E-state index in [1.807, 2.05) is 18.7 Å². The second-order valence-corrected chi connectivity index (χ2v) is 10.4. The van der Waals surface area contributed by atoms with Gasteiger partial charge in [0.15, 0.2) is 6.17 Å². The van der Waals surface area contributed by atoms with Crippen molar-refractivity contribution >= 4 is 51.5 Å². The molecule has 146 valence electrons. The van der Waals surface area contributed by atoms with Crippen LogP contribution in [0.15, 0.2) is 32.3 Å². The average molecular weight is 448 g/mol. The smallest absolute Gasteiger partial charge is 0.333 e. The van der Waals surface area contributed by atoms with Crippen LogP contribution in [0.4, 0.5) is 0 Å². The molecule has 0 amide bonds. The van der Waals surface area contributed by atoms with Crippen LogP contribution in [0.3, 0.4) is 0 Å². The Balaban J connectivity index is 2.15. The Labute approximate surface area is 176 Å². The first-order valence-electron chi connectivity index (χ1n) is 8.33. The molecule has 1 aliphatic rings. The number of nitrogens with zero attached hydrogens (tertiary/aromatic N) is 3. The van der Waals surface area contributed by atoms with Crippen molar-refractivity contribution in [1.82, 2.24) is 14.2 Å². The highest BCUT2D eigenvalue weighted by Crippen LogP contribution is 2.47.